The van der Waals surface area contributed by atoms with Crippen molar-refractivity contribution in [1.82, 2.24) is 19.9 Å². The van der Waals surface area contributed by atoms with Gasteiger partial charge in [-0.2, -0.15) is 5.10 Å². The number of carbonyl (C=O) groups excluding carboxylic acids is 2. The van der Waals surface area contributed by atoms with Crippen LogP contribution in [0.3, 0.4) is 0 Å². The normalized spacial score (nSPS) is 16.1. The van der Waals surface area contributed by atoms with Crippen molar-refractivity contribution in [1.29, 1.82) is 0 Å². The van der Waals surface area contributed by atoms with Gasteiger partial charge >= 0.3 is 0 Å². The van der Waals surface area contributed by atoms with Crippen molar-refractivity contribution in [3.8, 4) is 0 Å². The lowest BCUT2D eigenvalue weighted by atomic mass is 9.76. The zero-order chi connectivity index (χ0) is 18.9. The molecule has 2 aromatic rings. The Hall–Kier alpha value is -2.28. The highest BCUT2D eigenvalue weighted by atomic mass is 16.5. The lowest BCUT2D eigenvalue weighted by Gasteiger charge is -2.29. The molecule has 0 saturated carbocycles. The number of ketones is 1. The number of fused-ring (bicyclic) bond motifs is 3. The van der Waals surface area contributed by atoms with Crippen molar-refractivity contribution in [3.63, 3.8) is 0 Å². The van der Waals surface area contributed by atoms with Crippen LogP contribution in [-0.4, -0.2) is 45.5 Å². The van der Waals surface area contributed by atoms with Crippen molar-refractivity contribution in [2.75, 3.05) is 13.2 Å². The van der Waals surface area contributed by atoms with Gasteiger partial charge in [-0.05, 0) is 32.1 Å². The van der Waals surface area contributed by atoms with Gasteiger partial charge in [-0.1, -0.05) is 13.8 Å². The van der Waals surface area contributed by atoms with E-state index in [9.17, 15) is 9.59 Å². The third-order valence-corrected chi connectivity index (χ3v) is 4.51. The molecule has 0 saturated heterocycles. The average molecular weight is 358 g/mol. The highest BCUT2D eigenvalue weighted by Gasteiger charge is 2.33. The molecule has 0 fully saturated rings. The molecule has 0 aromatic carbocycles. The molecule has 0 radical (unpaired) electrons. The molecule has 2 heterocycles. The summed E-state index contributed by atoms with van der Waals surface area (Å²) in [6.07, 6.45) is 5.26. The van der Waals surface area contributed by atoms with Crippen molar-refractivity contribution < 1.29 is 14.3 Å². The van der Waals surface area contributed by atoms with E-state index in [2.05, 4.69) is 29.2 Å². The Morgan fingerprint density at radius 2 is 2.12 bits per heavy atom. The lowest BCUT2D eigenvalue weighted by Crippen LogP contribution is -2.29. The van der Waals surface area contributed by atoms with Gasteiger partial charge in [-0.3, -0.25) is 9.59 Å². The Morgan fingerprint density at radius 1 is 1.35 bits per heavy atom. The molecule has 0 bridgehead atoms. The third-order valence-electron chi connectivity index (χ3n) is 4.51. The molecule has 3 rings (SSSR count). The molecular weight excluding hydrogens is 332 g/mol. The predicted octanol–water partition coefficient (Wildman–Crippen LogP) is 2.43. The van der Waals surface area contributed by atoms with E-state index in [4.69, 9.17) is 4.74 Å². The van der Waals surface area contributed by atoms with Gasteiger partial charge in [0.15, 0.2) is 11.4 Å². The van der Waals surface area contributed by atoms with Gasteiger partial charge in [0.05, 0.1) is 23.6 Å². The third kappa shape index (κ3) is 3.77. The molecule has 2 aromatic heterocycles. The number of rotatable bonds is 6. The van der Waals surface area contributed by atoms with Crippen LogP contribution in [0.4, 0.5) is 0 Å². The van der Waals surface area contributed by atoms with Gasteiger partial charge in [-0.25, -0.2) is 9.50 Å². The van der Waals surface area contributed by atoms with Crippen molar-refractivity contribution in [2.45, 2.75) is 53.1 Å². The number of nitrogens with one attached hydrogen (secondary N) is 1. The second kappa shape index (κ2) is 7.15. The first-order chi connectivity index (χ1) is 12.3. The largest absolute Gasteiger partial charge is 0.379 e. The zero-order valence-corrected chi connectivity index (χ0v) is 15.8. The summed E-state index contributed by atoms with van der Waals surface area (Å²) in [6, 6.07) is 0. The van der Waals surface area contributed by atoms with Crippen LogP contribution in [0.2, 0.25) is 0 Å². The molecule has 7 heteroatoms. The van der Waals surface area contributed by atoms with Crippen LogP contribution < -0.4 is 5.32 Å². The van der Waals surface area contributed by atoms with Crippen LogP contribution in [0.1, 0.15) is 66.9 Å². The van der Waals surface area contributed by atoms with Crippen LogP contribution >= 0.6 is 0 Å². The average Bonchev–Trinajstić information content (AvgIpc) is 2.97. The van der Waals surface area contributed by atoms with Gasteiger partial charge in [0.2, 0.25) is 0 Å². The fraction of sp³-hybridized carbons (Fsp3) is 0.579. The Bertz CT molecular complexity index is 839. The molecule has 0 spiro atoms. The topological polar surface area (TPSA) is 85.6 Å². The summed E-state index contributed by atoms with van der Waals surface area (Å²) in [4.78, 5) is 29.2. The minimum atomic E-state index is -0.210. The standard InChI is InChI=1S/C19H26N4O3/c1-12(2)26-7-5-6-20-18(25)14-11-22-23-15-8-19(3,4)9-16(24)13(15)10-21-17(14)23/h10-12H,5-9H2,1-4H3,(H,20,25). The fourth-order valence-corrected chi connectivity index (χ4v) is 3.28. The van der Waals surface area contributed by atoms with E-state index in [1.54, 1.807) is 10.7 Å². The monoisotopic (exact) mass is 358 g/mol. The highest BCUT2D eigenvalue weighted by molar-refractivity contribution is 6.01. The summed E-state index contributed by atoms with van der Waals surface area (Å²) in [5, 5.41) is 7.21. The first kappa shape index (κ1) is 18.5. The molecule has 0 atom stereocenters. The number of aromatic nitrogens is 3. The second-order valence-electron chi connectivity index (χ2n) is 7.88. The van der Waals surface area contributed by atoms with Crippen molar-refractivity contribution in [3.05, 3.63) is 29.2 Å². The molecular formula is C19H26N4O3. The molecule has 1 aliphatic carbocycles. The number of Topliss-reactive ketones (excluding diaryl/α,β-unsaturated/α-hetero) is 1. The van der Waals surface area contributed by atoms with Gasteiger partial charge in [-0.15, -0.1) is 0 Å². The fourth-order valence-electron chi connectivity index (χ4n) is 3.28. The molecule has 1 N–H and O–H groups in total. The molecule has 1 aliphatic rings. The molecule has 26 heavy (non-hydrogen) atoms. The predicted molar refractivity (Wildman–Crippen MR) is 97.5 cm³/mol. The van der Waals surface area contributed by atoms with Crippen LogP contribution in [0.5, 0.6) is 0 Å². The molecule has 0 aliphatic heterocycles. The first-order valence-electron chi connectivity index (χ1n) is 9.07. The SMILES string of the molecule is CC(C)OCCCNC(=O)c1cnn2c3c(cnc12)C(=O)CC(C)(C)C3. The van der Waals surface area contributed by atoms with Crippen LogP contribution in [0, 0.1) is 5.41 Å². The number of carbonyl (C=O) groups is 2. The number of hydrogen-bond acceptors (Lipinski definition) is 5. The van der Waals surface area contributed by atoms with E-state index >= 15 is 0 Å². The summed E-state index contributed by atoms with van der Waals surface area (Å²) >= 11 is 0. The Kier molecular flexibility index (Phi) is 5.09. The zero-order valence-electron chi connectivity index (χ0n) is 15.8. The van der Waals surface area contributed by atoms with Gasteiger partial charge in [0, 0.05) is 25.8 Å². The van der Waals surface area contributed by atoms with E-state index < -0.39 is 0 Å². The lowest BCUT2D eigenvalue weighted by molar-refractivity contribution is 0.0757. The summed E-state index contributed by atoms with van der Waals surface area (Å²) in [7, 11) is 0. The second-order valence-corrected chi connectivity index (χ2v) is 7.88. The van der Waals surface area contributed by atoms with Crippen molar-refractivity contribution >= 4 is 17.3 Å². The molecule has 1 amide bonds. The molecule has 140 valence electrons. The quantitative estimate of drug-likeness (QED) is 0.802. The molecule has 7 nitrogen and oxygen atoms in total. The number of amides is 1. The summed E-state index contributed by atoms with van der Waals surface area (Å²) < 4.78 is 7.11. The smallest absolute Gasteiger partial charge is 0.256 e. The van der Waals surface area contributed by atoms with Gasteiger partial charge in [0.25, 0.3) is 5.91 Å². The maximum atomic E-state index is 12.5. The van der Waals surface area contributed by atoms with Crippen molar-refractivity contribution in [2.24, 2.45) is 5.41 Å². The Labute approximate surface area is 153 Å². The minimum Gasteiger partial charge on any atom is -0.379 e. The van der Waals surface area contributed by atoms with Crippen LogP contribution in [-0.2, 0) is 11.2 Å². The summed E-state index contributed by atoms with van der Waals surface area (Å²) in [5.74, 6) is -0.129. The van der Waals surface area contributed by atoms with E-state index in [0.717, 1.165) is 18.5 Å². The minimum absolute atomic E-state index is 0.0808. The maximum Gasteiger partial charge on any atom is 0.256 e. The van der Waals surface area contributed by atoms with Crippen LogP contribution in [0.15, 0.2) is 12.4 Å². The van der Waals surface area contributed by atoms with E-state index in [-0.39, 0.29) is 23.2 Å². The summed E-state index contributed by atoms with van der Waals surface area (Å²) in [5.41, 5.74) is 2.24. The van der Waals surface area contributed by atoms with E-state index in [1.165, 1.54) is 6.20 Å². The molecule has 0 unspecified atom stereocenters. The Morgan fingerprint density at radius 3 is 2.85 bits per heavy atom. The summed E-state index contributed by atoms with van der Waals surface area (Å²) in [6.45, 7) is 9.23. The highest BCUT2D eigenvalue weighted by Crippen LogP contribution is 2.34. The number of ether oxygens (including phenoxy) is 1. The van der Waals surface area contributed by atoms with E-state index in [0.29, 0.717) is 36.3 Å². The van der Waals surface area contributed by atoms with Crippen LogP contribution in [0.25, 0.3) is 5.65 Å². The Balaban J connectivity index is 1.77. The maximum absolute atomic E-state index is 12.5. The number of hydrogen-bond donors (Lipinski definition) is 1. The van der Waals surface area contributed by atoms with E-state index in [1.807, 2.05) is 13.8 Å². The first-order valence-corrected chi connectivity index (χ1v) is 9.07. The number of nitrogens with zero attached hydrogens (tertiary/aromatic N) is 3. The van der Waals surface area contributed by atoms with Gasteiger partial charge < -0.3 is 10.1 Å². The van der Waals surface area contributed by atoms with Gasteiger partial charge in [0.1, 0.15) is 5.56 Å².